The van der Waals surface area contributed by atoms with Crippen molar-refractivity contribution in [1.29, 1.82) is 0 Å². The Morgan fingerprint density at radius 2 is 1.90 bits per heavy atom. The summed E-state index contributed by atoms with van der Waals surface area (Å²) in [6, 6.07) is 0. The quantitative estimate of drug-likeness (QED) is 0.333. The number of hydrogen-bond donors (Lipinski definition) is 0. The van der Waals surface area contributed by atoms with Crippen molar-refractivity contribution in [3.8, 4) is 0 Å². The Balaban J connectivity index is 0. The fourth-order valence-corrected chi connectivity index (χ4v) is 0.399. The molecule has 0 aliphatic carbocycles. The van der Waals surface area contributed by atoms with Gasteiger partial charge in [-0.15, -0.1) is 0 Å². The van der Waals surface area contributed by atoms with Crippen LogP contribution in [0.2, 0.25) is 0 Å². The molecule has 10 heavy (non-hydrogen) atoms. The fraction of sp³-hybridized carbons (Fsp3) is 0.714. The molecular weight excluding hydrogens is 123 g/mol. The molecule has 0 fully saturated rings. The minimum Gasteiger partial charge on any atom is -0.614 e. The Morgan fingerprint density at radius 1 is 1.40 bits per heavy atom. The molecule has 0 saturated heterocycles. The van der Waals surface area contributed by atoms with E-state index in [1.807, 2.05) is 6.92 Å². The van der Waals surface area contributed by atoms with Gasteiger partial charge in [0, 0.05) is 0 Å². The standard InChI is InChI=1S/C7H14O2.Li/c1-4-6(3)7(8)9-5-2;/h8H,4-5H2,1-3H3;/q;+1/p-1/b7-6-;. The third kappa shape index (κ3) is 4.78. The molecule has 0 atom stereocenters. The number of hydrogen-bond acceptors (Lipinski definition) is 2. The summed E-state index contributed by atoms with van der Waals surface area (Å²) in [4.78, 5) is 0. The summed E-state index contributed by atoms with van der Waals surface area (Å²) >= 11 is 0. The SMILES string of the molecule is CCO/C([O-])=C(/C)CC.[Li+]. The van der Waals surface area contributed by atoms with Gasteiger partial charge in [0.05, 0.1) is 5.95 Å². The van der Waals surface area contributed by atoms with Crippen LogP contribution < -0.4 is 24.0 Å². The summed E-state index contributed by atoms with van der Waals surface area (Å²) in [5.41, 5.74) is 0.789. The monoisotopic (exact) mass is 136 g/mol. The predicted molar refractivity (Wildman–Crippen MR) is 34.6 cm³/mol. The van der Waals surface area contributed by atoms with Crippen molar-refractivity contribution >= 4 is 0 Å². The van der Waals surface area contributed by atoms with Crippen LogP contribution in [0.4, 0.5) is 0 Å². The molecule has 0 bridgehead atoms. The van der Waals surface area contributed by atoms with Crippen LogP contribution >= 0.6 is 0 Å². The Morgan fingerprint density at radius 3 is 2.20 bits per heavy atom. The molecule has 0 radical (unpaired) electrons. The molecule has 0 amide bonds. The molecule has 0 aromatic carbocycles. The van der Waals surface area contributed by atoms with E-state index in [9.17, 15) is 5.11 Å². The van der Waals surface area contributed by atoms with E-state index in [-0.39, 0.29) is 24.8 Å². The van der Waals surface area contributed by atoms with Crippen LogP contribution in [0.15, 0.2) is 11.5 Å². The predicted octanol–water partition coefficient (Wildman–Crippen LogP) is -1.97. The minimum absolute atomic E-state index is 0. The molecule has 0 aromatic heterocycles. The van der Waals surface area contributed by atoms with E-state index in [0.29, 0.717) is 6.61 Å². The van der Waals surface area contributed by atoms with Gasteiger partial charge in [-0.3, -0.25) is 0 Å². The topological polar surface area (TPSA) is 32.3 Å². The van der Waals surface area contributed by atoms with Crippen LogP contribution in [0.1, 0.15) is 27.2 Å². The van der Waals surface area contributed by atoms with Crippen LogP contribution in [0.3, 0.4) is 0 Å². The van der Waals surface area contributed by atoms with E-state index >= 15 is 0 Å². The molecule has 2 nitrogen and oxygen atoms in total. The molecule has 0 rings (SSSR count). The zero-order valence-corrected chi connectivity index (χ0v) is 7.23. The van der Waals surface area contributed by atoms with Crippen LogP contribution in [0, 0.1) is 0 Å². The first-order chi connectivity index (χ1) is 4.22. The molecule has 0 spiro atoms. The van der Waals surface area contributed by atoms with Crippen molar-refractivity contribution in [2.24, 2.45) is 0 Å². The average molecular weight is 136 g/mol. The van der Waals surface area contributed by atoms with Gasteiger partial charge in [-0.2, -0.15) is 0 Å². The summed E-state index contributed by atoms with van der Waals surface area (Å²) in [6.07, 6.45) is 0.777. The van der Waals surface area contributed by atoms with E-state index in [1.54, 1.807) is 13.8 Å². The van der Waals surface area contributed by atoms with E-state index in [2.05, 4.69) is 0 Å². The maximum absolute atomic E-state index is 10.7. The molecule has 0 unspecified atom stereocenters. The van der Waals surface area contributed by atoms with Crippen molar-refractivity contribution in [3.05, 3.63) is 11.5 Å². The second-order valence-corrected chi connectivity index (χ2v) is 1.85. The van der Waals surface area contributed by atoms with Gasteiger partial charge in [-0.1, -0.05) is 19.4 Å². The second kappa shape index (κ2) is 7.05. The van der Waals surface area contributed by atoms with Crippen LogP contribution in [0.5, 0.6) is 0 Å². The van der Waals surface area contributed by atoms with Gasteiger partial charge < -0.3 is 9.84 Å². The molecule has 0 aromatic rings. The zero-order chi connectivity index (χ0) is 7.28. The van der Waals surface area contributed by atoms with E-state index < -0.39 is 0 Å². The summed E-state index contributed by atoms with van der Waals surface area (Å²) in [5, 5.41) is 10.7. The summed E-state index contributed by atoms with van der Waals surface area (Å²) in [6.45, 7) is 6.00. The van der Waals surface area contributed by atoms with Gasteiger partial charge >= 0.3 is 18.9 Å². The largest absolute Gasteiger partial charge is 1.00 e. The van der Waals surface area contributed by atoms with Crippen molar-refractivity contribution in [2.75, 3.05) is 6.61 Å². The van der Waals surface area contributed by atoms with Crippen molar-refractivity contribution in [3.63, 3.8) is 0 Å². The zero-order valence-electron chi connectivity index (χ0n) is 7.23. The van der Waals surface area contributed by atoms with Crippen LogP contribution in [-0.2, 0) is 4.74 Å². The summed E-state index contributed by atoms with van der Waals surface area (Å²) < 4.78 is 4.72. The molecule has 3 heteroatoms. The van der Waals surface area contributed by atoms with Gasteiger partial charge in [0.1, 0.15) is 0 Å². The van der Waals surface area contributed by atoms with Crippen LogP contribution in [-0.4, -0.2) is 6.61 Å². The van der Waals surface area contributed by atoms with E-state index in [1.165, 1.54) is 0 Å². The normalized spacial score (nSPS) is 11.5. The summed E-state index contributed by atoms with van der Waals surface area (Å²) in [7, 11) is 0. The third-order valence-corrected chi connectivity index (χ3v) is 1.15. The second-order valence-electron chi connectivity index (χ2n) is 1.85. The Kier molecular flexibility index (Phi) is 8.88. The van der Waals surface area contributed by atoms with Gasteiger partial charge in [-0.05, 0) is 20.0 Å². The van der Waals surface area contributed by atoms with Crippen molar-refractivity contribution in [1.82, 2.24) is 0 Å². The first-order valence-corrected chi connectivity index (χ1v) is 3.21. The Labute approximate surface area is 74.4 Å². The van der Waals surface area contributed by atoms with Gasteiger partial charge in [0.15, 0.2) is 0 Å². The number of ether oxygens (including phenoxy) is 1. The Hall–Kier alpha value is -0.0626. The first kappa shape index (κ1) is 12.6. The minimum atomic E-state index is -0.167. The molecular formula is C7H13LiO2. The molecule has 0 aliphatic heterocycles. The molecule has 0 heterocycles. The van der Waals surface area contributed by atoms with Crippen molar-refractivity contribution < 1.29 is 28.7 Å². The van der Waals surface area contributed by atoms with Crippen LogP contribution in [0.25, 0.3) is 0 Å². The molecule has 0 saturated carbocycles. The fourth-order valence-electron chi connectivity index (χ4n) is 0.399. The molecule has 54 valence electrons. The smallest absolute Gasteiger partial charge is 0.614 e. The van der Waals surface area contributed by atoms with E-state index in [0.717, 1.165) is 12.0 Å². The molecule has 0 aliphatic rings. The van der Waals surface area contributed by atoms with Crippen molar-refractivity contribution in [2.45, 2.75) is 27.2 Å². The maximum Gasteiger partial charge on any atom is 1.00 e. The molecule has 0 N–H and O–H groups in total. The van der Waals surface area contributed by atoms with Gasteiger partial charge in [0.25, 0.3) is 0 Å². The number of rotatable bonds is 3. The summed E-state index contributed by atoms with van der Waals surface area (Å²) in [5.74, 6) is -0.167. The first-order valence-electron chi connectivity index (χ1n) is 3.21. The van der Waals surface area contributed by atoms with E-state index in [4.69, 9.17) is 4.74 Å². The number of allylic oxidation sites excluding steroid dienone is 1. The third-order valence-electron chi connectivity index (χ3n) is 1.15. The van der Waals surface area contributed by atoms with Gasteiger partial charge in [-0.25, -0.2) is 0 Å². The Bertz CT molecular complexity index is 110. The van der Waals surface area contributed by atoms with Gasteiger partial charge in [0.2, 0.25) is 0 Å². The average Bonchev–Trinajstić information content (AvgIpc) is 1.87. The maximum atomic E-state index is 10.7.